The molecule has 2 heterocycles. The zero-order valence-electron chi connectivity index (χ0n) is 10.7. The van der Waals surface area contributed by atoms with E-state index < -0.39 is 4.92 Å². The van der Waals surface area contributed by atoms with Crippen molar-refractivity contribution >= 4 is 33.6 Å². The van der Waals surface area contributed by atoms with Crippen LogP contribution >= 0.6 is 11.3 Å². The van der Waals surface area contributed by atoms with Gasteiger partial charge >= 0.3 is 5.82 Å². The molecule has 0 aliphatic carbocycles. The van der Waals surface area contributed by atoms with E-state index >= 15 is 0 Å². The molecule has 2 aromatic heterocycles. The first-order valence-electron chi connectivity index (χ1n) is 6.02. The number of nitrogens with one attached hydrogen (secondary N) is 1. The molecule has 0 saturated heterocycles. The molecule has 7 nitrogen and oxygen atoms in total. The van der Waals surface area contributed by atoms with Crippen LogP contribution in [0.25, 0.3) is 4.96 Å². The van der Waals surface area contributed by atoms with Crippen LogP contribution in [0.2, 0.25) is 0 Å². The van der Waals surface area contributed by atoms with Gasteiger partial charge in [-0.05, 0) is 22.6 Å². The van der Waals surface area contributed by atoms with Gasteiger partial charge in [0.25, 0.3) is 4.96 Å². The summed E-state index contributed by atoms with van der Waals surface area (Å²) in [5.41, 5.74) is 1.58. The Morgan fingerprint density at radius 1 is 1.43 bits per heavy atom. The molecular formula is C13H9N5O2S. The summed E-state index contributed by atoms with van der Waals surface area (Å²) in [7, 11) is 0. The average molecular weight is 299 g/mol. The van der Waals surface area contributed by atoms with Gasteiger partial charge in [-0.3, -0.25) is 0 Å². The highest BCUT2D eigenvalue weighted by Gasteiger charge is 2.23. The summed E-state index contributed by atoms with van der Waals surface area (Å²) in [6.45, 7) is 0. The van der Waals surface area contributed by atoms with Gasteiger partial charge in [0.1, 0.15) is 6.20 Å². The molecule has 1 aromatic carbocycles. The molecule has 3 rings (SSSR count). The molecule has 0 aliphatic heterocycles. The standard InChI is InChI=1S/C13H9N5O2S/c14-6-5-9-1-3-10(4-2-9)15-11-12(18(19)20)17-7-8-21-13(17)16-11/h1-4,7-8,15H,5H2. The third-order valence-corrected chi connectivity index (χ3v) is 3.67. The predicted molar refractivity (Wildman–Crippen MR) is 78.8 cm³/mol. The molecule has 104 valence electrons. The number of anilines is 2. The number of rotatable bonds is 4. The summed E-state index contributed by atoms with van der Waals surface area (Å²) in [5.74, 6) is 0.118. The molecule has 3 aromatic rings. The Labute approximate surface area is 123 Å². The smallest absolute Gasteiger partial charge is 0.358 e. The highest BCUT2D eigenvalue weighted by molar-refractivity contribution is 7.15. The number of aromatic nitrogens is 2. The summed E-state index contributed by atoms with van der Waals surface area (Å²) in [4.78, 5) is 15.5. The van der Waals surface area contributed by atoms with Crippen LogP contribution in [0, 0.1) is 21.4 Å². The number of hydrogen-bond donors (Lipinski definition) is 1. The van der Waals surface area contributed by atoms with E-state index in [-0.39, 0.29) is 11.6 Å². The van der Waals surface area contributed by atoms with Gasteiger partial charge in [0.15, 0.2) is 0 Å². The van der Waals surface area contributed by atoms with E-state index in [0.717, 1.165) is 5.56 Å². The Morgan fingerprint density at radius 2 is 2.19 bits per heavy atom. The highest BCUT2D eigenvalue weighted by Crippen LogP contribution is 2.30. The van der Waals surface area contributed by atoms with E-state index in [1.165, 1.54) is 15.7 Å². The van der Waals surface area contributed by atoms with E-state index in [2.05, 4.69) is 16.4 Å². The van der Waals surface area contributed by atoms with Crippen LogP contribution in [0.5, 0.6) is 0 Å². The summed E-state index contributed by atoms with van der Waals surface area (Å²) < 4.78 is 1.44. The molecule has 1 N–H and O–H groups in total. The van der Waals surface area contributed by atoms with Gasteiger partial charge in [-0.15, -0.1) is 0 Å². The number of fused-ring (bicyclic) bond motifs is 1. The maximum absolute atomic E-state index is 11.2. The molecule has 8 heteroatoms. The zero-order valence-corrected chi connectivity index (χ0v) is 11.5. The van der Waals surface area contributed by atoms with Gasteiger partial charge in [0, 0.05) is 11.1 Å². The van der Waals surface area contributed by atoms with Crippen molar-refractivity contribution in [2.24, 2.45) is 0 Å². The molecule has 0 fully saturated rings. The van der Waals surface area contributed by atoms with Crippen LogP contribution in [0.1, 0.15) is 5.56 Å². The highest BCUT2D eigenvalue weighted by atomic mass is 32.1. The third kappa shape index (κ3) is 2.42. The van der Waals surface area contributed by atoms with Gasteiger partial charge in [0.05, 0.1) is 12.5 Å². The molecule has 21 heavy (non-hydrogen) atoms. The van der Waals surface area contributed by atoms with Crippen molar-refractivity contribution in [1.29, 1.82) is 5.26 Å². The second kappa shape index (κ2) is 5.22. The monoisotopic (exact) mass is 299 g/mol. The van der Waals surface area contributed by atoms with Gasteiger partial charge < -0.3 is 15.4 Å². The number of nitro groups is 1. The number of hydrogen-bond acceptors (Lipinski definition) is 6. The Kier molecular flexibility index (Phi) is 3.25. The molecule has 0 radical (unpaired) electrons. The van der Waals surface area contributed by atoms with E-state index in [1.54, 1.807) is 35.8 Å². The molecule has 0 bridgehead atoms. The van der Waals surface area contributed by atoms with Crippen molar-refractivity contribution in [3.05, 3.63) is 51.5 Å². The van der Waals surface area contributed by atoms with E-state index in [1.807, 2.05) is 0 Å². The van der Waals surface area contributed by atoms with Crippen LogP contribution in [-0.2, 0) is 6.42 Å². The van der Waals surface area contributed by atoms with E-state index in [4.69, 9.17) is 5.26 Å². The number of imidazole rings is 1. The van der Waals surface area contributed by atoms with Crippen molar-refractivity contribution in [2.45, 2.75) is 6.42 Å². The van der Waals surface area contributed by atoms with Crippen molar-refractivity contribution in [3.63, 3.8) is 0 Å². The minimum Gasteiger partial charge on any atom is -0.358 e. The van der Waals surface area contributed by atoms with Crippen LogP contribution in [0.3, 0.4) is 0 Å². The second-order valence-electron chi connectivity index (χ2n) is 4.25. The Hall–Kier alpha value is -2.92. The van der Waals surface area contributed by atoms with Gasteiger partial charge in [0.2, 0.25) is 5.82 Å². The number of nitrogens with zero attached hydrogens (tertiary/aromatic N) is 4. The second-order valence-corrected chi connectivity index (χ2v) is 5.13. The van der Waals surface area contributed by atoms with Gasteiger partial charge in [-0.25, -0.2) is 0 Å². The van der Waals surface area contributed by atoms with E-state index in [9.17, 15) is 10.1 Å². The van der Waals surface area contributed by atoms with Crippen LogP contribution < -0.4 is 5.32 Å². The quantitative estimate of drug-likeness (QED) is 0.589. The Balaban J connectivity index is 1.94. The minimum atomic E-state index is -0.459. The SMILES string of the molecule is N#CCc1ccc(Nc2nc3sccn3c2[N+](=O)[O-])cc1. The van der Waals surface area contributed by atoms with Crippen molar-refractivity contribution in [1.82, 2.24) is 9.38 Å². The average Bonchev–Trinajstić information content (AvgIpc) is 3.01. The fraction of sp³-hybridized carbons (Fsp3) is 0.0769. The largest absolute Gasteiger partial charge is 0.373 e. The maximum atomic E-state index is 11.2. The summed E-state index contributed by atoms with van der Waals surface area (Å²) in [6, 6.07) is 9.21. The van der Waals surface area contributed by atoms with E-state index in [0.29, 0.717) is 17.1 Å². The Bertz CT molecular complexity index is 844. The molecule has 0 aliphatic rings. The number of benzene rings is 1. The number of thiazole rings is 1. The summed E-state index contributed by atoms with van der Waals surface area (Å²) in [5, 5.41) is 24.5. The third-order valence-electron chi connectivity index (χ3n) is 2.91. The lowest BCUT2D eigenvalue weighted by Gasteiger charge is -2.04. The van der Waals surface area contributed by atoms with Crippen LogP contribution in [0.4, 0.5) is 17.3 Å². The fourth-order valence-corrected chi connectivity index (χ4v) is 2.68. The van der Waals surface area contributed by atoms with Crippen molar-refractivity contribution < 1.29 is 4.92 Å². The lowest BCUT2D eigenvalue weighted by Crippen LogP contribution is -1.98. The van der Waals surface area contributed by atoms with Gasteiger partial charge in [-0.1, -0.05) is 23.5 Å². The molecule has 0 spiro atoms. The minimum absolute atomic E-state index is 0.0904. The summed E-state index contributed by atoms with van der Waals surface area (Å²) in [6.07, 6.45) is 1.95. The van der Waals surface area contributed by atoms with Gasteiger partial charge in [-0.2, -0.15) is 14.6 Å². The topological polar surface area (TPSA) is 96.3 Å². The van der Waals surface area contributed by atoms with Crippen LogP contribution in [-0.4, -0.2) is 14.3 Å². The normalized spacial score (nSPS) is 10.4. The van der Waals surface area contributed by atoms with Crippen molar-refractivity contribution in [3.8, 4) is 6.07 Å². The Morgan fingerprint density at radius 3 is 2.86 bits per heavy atom. The zero-order chi connectivity index (χ0) is 14.8. The fourth-order valence-electron chi connectivity index (χ4n) is 1.97. The lowest BCUT2D eigenvalue weighted by molar-refractivity contribution is -0.389. The van der Waals surface area contributed by atoms with Crippen LogP contribution in [0.15, 0.2) is 35.8 Å². The first kappa shape index (κ1) is 13.1. The lowest BCUT2D eigenvalue weighted by atomic mass is 10.1. The molecule has 0 atom stereocenters. The van der Waals surface area contributed by atoms with Crippen molar-refractivity contribution in [2.75, 3.05) is 5.32 Å². The number of nitriles is 1. The predicted octanol–water partition coefficient (Wildman–Crippen LogP) is 3.11. The summed E-state index contributed by atoms with van der Waals surface area (Å²) >= 11 is 1.33. The first-order valence-corrected chi connectivity index (χ1v) is 6.90. The molecule has 0 amide bonds. The molecule has 0 saturated carbocycles. The molecular weight excluding hydrogens is 290 g/mol. The first-order chi connectivity index (χ1) is 10.2. The maximum Gasteiger partial charge on any atom is 0.373 e. The molecule has 0 unspecified atom stereocenters.